The van der Waals surface area contributed by atoms with Gasteiger partial charge in [-0.15, -0.1) is 0 Å². The zero-order chi connectivity index (χ0) is 14.8. The van der Waals surface area contributed by atoms with Crippen LogP contribution < -0.4 is 4.74 Å². The normalized spacial score (nSPS) is 9.63. The molecule has 1 amide bonds. The van der Waals surface area contributed by atoms with Gasteiger partial charge in [0.05, 0.1) is 0 Å². The first-order valence-electron chi connectivity index (χ1n) is 5.99. The number of halogens is 1. The van der Waals surface area contributed by atoms with E-state index in [1.54, 1.807) is 14.1 Å². The van der Waals surface area contributed by atoms with Crippen LogP contribution in [-0.2, 0) is 6.42 Å². The van der Waals surface area contributed by atoms with Crippen LogP contribution in [-0.4, -0.2) is 55.6 Å². The number of alkyl halides is 1. The molecule has 0 saturated carbocycles. The quantitative estimate of drug-likeness (QED) is 0.597. The van der Waals surface area contributed by atoms with Crippen molar-refractivity contribution in [1.82, 2.24) is 9.80 Å². The Morgan fingerprint density at radius 3 is 2.05 bits per heavy atom. The molecule has 1 rings (SSSR count). The number of hydrogen-bond donors (Lipinski definition) is 0. The minimum absolute atomic E-state index is 0.356. The van der Waals surface area contributed by atoms with Crippen molar-refractivity contribution in [2.24, 2.45) is 0 Å². The third-order valence-electron chi connectivity index (χ3n) is 2.34. The maximum atomic E-state index is 11.3. The molecule has 1 aromatic rings. The molecular formula is C14H23IN2O2. The number of amides is 1. The SMILES string of the molecule is CI.CN(C)CCc1ccc(OC(=O)N(C)C)cc1. The molecule has 0 aliphatic heterocycles. The Morgan fingerprint density at radius 1 is 1.11 bits per heavy atom. The van der Waals surface area contributed by atoms with Gasteiger partial charge < -0.3 is 14.5 Å². The lowest BCUT2D eigenvalue weighted by Gasteiger charge is -2.12. The number of rotatable bonds is 4. The van der Waals surface area contributed by atoms with E-state index in [0.717, 1.165) is 13.0 Å². The molecule has 0 aromatic heterocycles. The van der Waals surface area contributed by atoms with Gasteiger partial charge in [0.1, 0.15) is 5.75 Å². The topological polar surface area (TPSA) is 32.8 Å². The van der Waals surface area contributed by atoms with E-state index in [4.69, 9.17) is 4.74 Å². The Balaban J connectivity index is 0.00000154. The average Bonchev–Trinajstić information content (AvgIpc) is 2.40. The summed E-state index contributed by atoms with van der Waals surface area (Å²) in [6, 6.07) is 7.63. The van der Waals surface area contributed by atoms with E-state index < -0.39 is 0 Å². The maximum Gasteiger partial charge on any atom is 0.414 e. The second-order valence-corrected chi connectivity index (χ2v) is 4.46. The van der Waals surface area contributed by atoms with Crippen LogP contribution in [0.5, 0.6) is 5.75 Å². The number of ether oxygens (including phenoxy) is 1. The number of carbonyl (C=O) groups is 1. The molecule has 19 heavy (non-hydrogen) atoms. The van der Waals surface area contributed by atoms with Gasteiger partial charge in [-0.2, -0.15) is 0 Å². The highest BCUT2D eigenvalue weighted by molar-refractivity contribution is 14.1. The summed E-state index contributed by atoms with van der Waals surface area (Å²) in [6.45, 7) is 1.01. The summed E-state index contributed by atoms with van der Waals surface area (Å²) in [6.07, 6.45) is 0.639. The van der Waals surface area contributed by atoms with Crippen LogP contribution in [0.4, 0.5) is 4.79 Å². The van der Waals surface area contributed by atoms with Crippen molar-refractivity contribution in [3.63, 3.8) is 0 Å². The van der Waals surface area contributed by atoms with Gasteiger partial charge in [-0.05, 0) is 43.1 Å². The number of nitrogens with zero attached hydrogens (tertiary/aromatic N) is 2. The fraction of sp³-hybridized carbons (Fsp3) is 0.500. The first-order valence-corrected chi connectivity index (χ1v) is 8.15. The van der Waals surface area contributed by atoms with Gasteiger partial charge >= 0.3 is 6.09 Å². The van der Waals surface area contributed by atoms with E-state index in [2.05, 4.69) is 27.5 Å². The van der Waals surface area contributed by atoms with Gasteiger partial charge in [0, 0.05) is 20.6 Å². The number of hydrogen-bond acceptors (Lipinski definition) is 3. The Kier molecular flexibility index (Phi) is 9.59. The van der Waals surface area contributed by atoms with E-state index >= 15 is 0 Å². The molecule has 0 unspecified atom stereocenters. The Hall–Kier alpha value is -0.820. The standard InChI is InChI=1S/C13H20N2O2.CH3I/c1-14(2)10-9-11-5-7-12(8-6-11)17-13(16)15(3)4;1-2/h5-8H,9-10H2,1-4H3;1H3. The minimum Gasteiger partial charge on any atom is -0.410 e. The Bertz CT molecular complexity index is 364. The molecule has 0 bridgehead atoms. The molecule has 0 fully saturated rings. The first-order chi connectivity index (χ1) is 8.99. The second-order valence-electron chi connectivity index (χ2n) is 4.46. The predicted octanol–water partition coefficient (Wildman–Crippen LogP) is 2.90. The summed E-state index contributed by atoms with van der Waals surface area (Å²) in [7, 11) is 7.42. The second kappa shape index (κ2) is 10.0. The molecule has 0 atom stereocenters. The molecule has 5 heteroatoms. The molecule has 0 saturated heterocycles. The average molecular weight is 378 g/mol. The van der Waals surface area contributed by atoms with Crippen LogP contribution in [0.3, 0.4) is 0 Å². The summed E-state index contributed by atoms with van der Waals surface area (Å²) in [5.41, 5.74) is 1.24. The van der Waals surface area contributed by atoms with Crippen molar-refractivity contribution in [2.75, 3.05) is 39.7 Å². The Labute approximate surface area is 129 Å². The van der Waals surface area contributed by atoms with Crippen molar-refractivity contribution in [3.8, 4) is 5.75 Å². The zero-order valence-electron chi connectivity index (χ0n) is 12.3. The van der Waals surface area contributed by atoms with Crippen LogP contribution in [0.2, 0.25) is 0 Å². The molecule has 0 aliphatic carbocycles. The van der Waals surface area contributed by atoms with E-state index in [-0.39, 0.29) is 6.09 Å². The third kappa shape index (κ3) is 8.05. The van der Waals surface area contributed by atoms with Crippen molar-refractivity contribution < 1.29 is 9.53 Å². The minimum atomic E-state index is -0.356. The number of benzene rings is 1. The summed E-state index contributed by atoms with van der Waals surface area (Å²) in [4.78, 5) is 16.8. The molecule has 0 radical (unpaired) electrons. The van der Waals surface area contributed by atoms with Crippen molar-refractivity contribution >= 4 is 28.7 Å². The van der Waals surface area contributed by atoms with Gasteiger partial charge in [-0.25, -0.2) is 4.79 Å². The van der Waals surface area contributed by atoms with E-state index in [1.165, 1.54) is 10.5 Å². The highest BCUT2D eigenvalue weighted by Gasteiger charge is 2.06. The van der Waals surface area contributed by atoms with Gasteiger partial charge in [0.2, 0.25) is 0 Å². The molecule has 1 aromatic carbocycles. The van der Waals surface area contributed by atoms with Gasteiger partial charge in [0.15, 0.2) is 0 Å². The predicted molar refractivity (Wildman–Crippen MR) is 88.4 cm³/mol. The summed E-state index contributed by atoms with van der Waals surface area (Å²) < 4.78 is 5.13. The number of carbonyl (C=O) groups excluding carboxylic acids is 1. The smallest absolute Gasteiger partial charge is 0.410 e. The summed E-state index contributed by atoms with van der Waals surface area (Å²) >= 11 is 2.15. The fourth-order valence-corrected chi connectivity index (χ4v) is 1.27. The largest absolute Gasteiger partial charge is 0.414 e. The van der Waals surface area contributed by atoms with Crippen LogP contribution in [0, 0.1) is 0 Å². The molecule has 0 aliphatic rings. The first kappa shape index (κ1) is 18.2. The number of likely N-dealkylation sites (N-methyl/N-ethyl adjacent to an activating group) is 1. The van der Waals surface area contributed by atoms with Crippen molar-refractivity contribution in [3.05, 3.63) is 29.8 Å². The van der Waals surface area contributed by atoms with E-state index in [9.17, 15) is 4.79 Å². The lowest BCUT2D eigenvalue weighted by atomic mass is 10.1. The lowest BCUT2D eigenvalue weighted by Crippen LogP contribution is -2.25. The van der Waals surface area contributed by atoms with Crippen molar-refractivity contribution in [2.45, 2.75) is 6.42 Å². The van der Waals surface area contributed by atoms with Crippen LogP contribution in [0.25, 0.3) is 0 Å². The van der Waals surface area contributed by atoms with Crippen LogP contribution in [0.15, 0.2) is 24.3 Å². The molecule has 0 spiro atoms. The van der Waals surface area contributed by atoms with Gasteiger partial charge in [0.25, 0.3) is 0 Å². The van der Waals surface area contributed by atoms with Gasteiger partial charge in [-0.3, -0.25) is 0 Å². The summed E-state index contributed by atoms with van der Waals surface area (Å²) in [5, 5.41) is 0. The molecule has 0 heterocycles. The monoisotopic (exact) mass is 378 g/mol. The molecule has 0 N–H and O–H groups in total. The van der Waals surface area contributed by atoms with Gasteiger partial charge in [-0.1, -0.05) is 34.7 Å². The van der Waals surface area contributed by atoms with E-state index in [1.807, 2.05) is 43.3 Å². The maximum absolute atomic E-state index is 11.3. The van der Waals surface area contributed by atoms with E-state index in [0.29, 0.717) is 5.75 Å². The highest BCUT2D eigenvalue weighted by Crippen LogP contribution is 2.13. The summed E-state index contributed by atoms with van der Waals surface area (Å²) in [5.74, 6) is 0.581. The fourth-order valence-electron chi connectivity index (χ4n) is 1.27. The third-order valence-corrected chi connectivity index (χ3v) is 2.34. The highest BCUT2D eigenvalue weighted by atomic mass is 127. The zero-order valence-corrected chi connectivity index (χ0v) is 14.5. The van der Waals surface area contributed by atoms with Crippen LogP contribution in [0.1, 0.15) is 5.56 Å². The van der Waals surface area contributed by atoms with Crippen molar-refractivity contribution in [1.29, 1.82) is 0 Å². The molecule has 108 valence electrons. The lowest BCUT2D eigenvalue weighted by molar-refractivity contribution is 0.172. The molecule has 4 nitrogen and oxygen atoms in total. The van der Waals surface area contributed by atoms with Crippen LogP contribution >= 0.6 is 22.6 Å². The Morgan fingerprint density at radius 2 is 1.63 bits per heavy atom. The molecular weight excluding hydrogens is 355 g/mol.